The third kappa shape index (κ3) is 2.15. The summed E-state index contributed by atoms with van der Waals surface area (Å²) in [7, 11) is 1.85. The monoisotopic (exact) mass is 278 g/mol. The molecule has 1 unspecified atom stereocenters. The van der Waals surface area contributed by atoms with Crippen LogP contribution in [0.25, 0.3) is 0 Å². The molecule has 0 fully saturated rings. The van der Waals surface area contributed by atoms with Crippen molar-refractivity contribution >= 4 is 17.3 Å². The van der Waals surface area contributed by atoms with Gasteiger partial charge in [-0.15, -0.1) is 0 Å². The van der Waals surface area contributed by atoms with Crippen LogP contribution >= 0.6 is 11.6 Å². The number of halogens is 2. The van der Waals surface area contributed by atoms with Crippen molar-refractivity contribution in [2.45, 2.75) is 6.04 Å². The van der Waals surface area contributed by atoms with E-state index < -0.39 is 0 Å². The molecule has 1 atom stereocenters. The molecule has 2 aromatic rings. The van der Waals surface area contributed by atoms with E-state index in [2.05, 4.69) is 0 Å². The topological polar surface area (TPSA) is 12.5 Å². The highest BCUT2D eigenvalue weighted by molar-refractivity contribution is 6.30. The predicted molar refractivity (Wildman–Crippen MR) is 74.5 cm³/mol. The van der Waals surface area contributed by atoms with Crippen LogP contribution < -0.4 is 9.64 Å². The Morgan fingerprint density at radius 1 is 1.42 bits per heavy atom. The largest absolute Gasteiger partial charge is 0.489 e. The molecule has 1 aliphatic rings. The van der Waals surface area contributed by atoms with Gasteiger partial charge in [-0.05, 0) is 24.2 Å². The number of likely N-dealkylation sites (N-methyl/N-ethyl adjacent to an activating group) is 1. The van der Waals surface area contributed by atoms with E-state index >= 15 is 0 Å². The molecule has 0 saturated heterocycles. The maximum absolute atomic E-state index is 14.1. The zero-order valence-corrected chi connectivity index (χ0v) is 11.1. The van der Waals surface area contributed by atoms with Crippen LogP contribution in [0.2, 0.25) is 5.02 Å². The van der Waals surface area contributed by atoms with Gasteiger partial charge in [0.15, 0.2) is 0 Å². The molecule has 0 radical (unpaired) electrons. The number of fused-ring (bicyclic) bond motifs is 1. The molecule has 1 heterocycles. The molecule has 1 aliphatic heterocycles. The number of anilines is 1. The number of benzene rings is 2. The standard InChI is InChI=1S/C15H13ClFNO/c1-18-13-4-2-3-5-15(13)19-9-14(18)11-7-6-10(16)8-12(11)17/h2-8,14H,9H2,1H3/i4D. The molecule has 98 valence electrons. The van der Waals surface area contributed by atoms with Crippen LogP contribution in [0.3, 0.4) is 0 Å². The van der Waals surface area contributed by atoms with Gasteiger partial charge in [0.05, 0.1) is 13.1 Å². The van der Waals surface area contributed by atoms with E-state index in [1.807, 2.05) is 18.0 Å². The van der Waals surface area contributed by atoms with Crippen molar-refractivity contribution in [2.24, 2.45) is 0 Å². The molecule has 0 amide bonds. The molecule has 2 aromatic carbocycles. The normalized spacial score (nSPS) is 18.6. The molecule has 19 heavy (non-hydrogen) atoms. The van der Waals surface area contributed by atoms with Crippen molar-refractivity contribution in [2.75, 3.05) is 18.6 Å². The van der Waals surface area contributed by atoms with E-state index in [1.165, 1.54) is 6.07 Å². The van der Waals surface area contributed by atoms with Gasteiger partial charge in [-0.1, -0.05) is 29.8 Å². The second-order valence-electron chi connectivity index (χ2n) is 4.49. The highest BCUT2D eigenvalue weighted by atomic mass is 35.5. The second-order valence-corrected chi connectivity index (χ2v) is 4.92. The highest BCUT2D eigenvalue weighted by Crippen LogP contribution is 2.38. The lowest BCUT2D eigenvalue weighted by molar-refractivity contribution is 0.265. The number of ether oxygens (including phenoxy) is 1. The summed E-state index contributed by atoms with van der Waals surface area (Å²) in [4.78, 5) is 1.88. The third-order valence-corrected chi connectivity index (χ3v) is 3.57. The predicted octanol–water partition coefficient (Wildman–Crippen LogP) is 4.05. The minimum atomic E-state index is -0.358. The van der Waals surface area contributed by atoms with Crippen LogP contribution in [0.5, 0.6) is 5.75 Å². The smallest absolute Gasteiger partial charge is 0.142 e. The minimum Gasteiger partial charge on any atom is -0.489 e. The van der Waals surface area contributed by atoms with Crippen LogP contribution in [0.4, 0.5) is 10.1 Å². The highest BCUT2D eigenvalue weighted by Gasteiger charge is 2.27. The van der Waals surface area contributed by atoms with E-state index in [0.29, 0.717) is 34.7 Å². The molecule has 2 nitrogen and oxygen atoms in total. The zero-order valence-electron chi connectivity index (χ0n) is 11.4. The Morgan fingerprint density at radius 3 is 3.05 bits per heavy atom. The Hall–Kier alpha value is -1.74. The van der Waals surface area contributed by atoms with Crippen LogP contribution in [0.1, 0.15) is 13.0 Å². The van der Waals surface area contributed by atoms with E-state index in [1.54, 1.807) is 24.3 Å². The maximum atomic E-state index is 14.1. The Kier molecular flexibility index (Phi) is 2.77. The molecule has 0 aliphatic carbocycles. The summed E-state index contributed by atoms with van der Waals surface area (Å²) in [6.07, 6.45) is 0. The molecule has 0 aromatic heterocycles. The van der Waals surface area contributed by atoms with Crippen LogP contribution in [0.15, 0.2) is 42.4 Å². The summed E-state index contributed by atoms with van der Waals surface area (Å²) in [6.45, 7) is 0.339. The first kappa shape index (κ1) is 11.1. The van der Waals surface area contributed by atoms with Crippen LogP contribution in [-0.2, 0) is 0 Å². The number of para-hydroxylation sites is 2. The van der Waals surface area contributed by atoms with E-state index in [9.17, 15) is 4.39 Å². The van der Waals surface area contributed by atoms with Gasteiger partial charge in [0.2, 0.25) is 0 Å². The third-order valence-electron chi connectivity index (χ3n) is 3.34. The summed E-state index contributed by atoms with van der Waals surface area (Å²) in [6, 6.07) is 10.0. The Balaban J connectivity index is 2.04. The molecular weight excluding hydrogens is 265 g/mol. The molecule has 0 N–H and O–H groups in total. The lowest BCUT2D eigenvalue weighted by Crippen LogP contribution is -2.33. The van der Waals surface area contributed by atoms with Crippen molar-refractivity contribution < 1.29 is 10.5 Å². The Labute approximate surface area is 117 Å². The van der Waals surface area contributed by atoms with Gasteiger partial charge >= 0.3 is 0 Å². The number of hydrogen-bond acceptors (Lipinski definition) is 2. The van der Waals surface area contributed by atoms with Gasteiger partial charge in [-0.25, -0.2) is 4.39 Å². The molecule has 0 spiro atoms. The lowest BCUT2D eigenvalue weighted by Gasteiger charge is -2.36. The van der Waals surface area contributed by atoms with Crippen LogP contribution in [-0.4, -0.2) is 13.7 Å². The van der Waals surface area contributed by atoms with Gasteiger partial charge in [0.1, 0.15) is 18.2 Å². The molecular formula is C15H13ClFNO. The van der Waals surface area contributed by atoms with Crippen LogP contribution in [0, 0.1) is 5.82 Å². The second kappa shape index (κ2) is 4.74. The van der Waals surface area contributed by atoms with Crippen molar-refractivity contribution in [3.8, 4) is 5.75 Å². The maximum Gasteiger partial charge on any atom is 0.142 e. The van der Waals surface area contributed by atoms with Gasteiger partial charge in [-0.3, -0.25) is 0 Å². The first-order valence-electron chi connectivity index (χ1n) is 6.48. The van der Waals surface area contributed by atoms with Crippen molar-refractivity contribution in [1.29, 1.82) is 0 Å². The van der Waals surface area contributed by atoms with Gasteiger partial charge < -0.3 is 9.64 Å². The number of hydrogen-bond donors (Lipinski definition) is 0. The van der Waals surface area contributed by atoms with Crippen molar-refractivity contribution in [3.63, 3.8) is 0 Å². The van der Waals surface area contributed by atoms with E-state index in [-0.39, 0.29) is 11.9 Å². The zero-order chi connectivity index (χ0) is 14.3. The Morgan fingerprint density at radius 2 is 2.26 bits per heavy atom. The average Bonchev–Trinajstić information content (AvgIpc) is 2.40. The minimum absolute atomic E-state index is 0.272. The molecule has 3 rings (SSSR count). The SMILES string of the molecule is [2H]c1cccc2c1N(C)C(c1ccc(Cl)cc1F)CO2. The van der Waals surface area contributed by atoms with Gasteiger partial charge in [0.25, 0.3) is 0 Å². The first-order chi connectivity index (χ1) is 9.58. The summed E-state index contributed by atoms with van der Waals surface area (Å²) < 4.78 is 27.7. The fourth-order valence-electron chi connectivity index (χ4n) is 2.31. The van der Waals surface area contributed by atoms with Gasteiger partial charge in [-0.2, -0.15) is 0 Å². The molecule has 0 bridgehead atoms. The van der Waals surface area contributed by atoms with E-state index in [4.69, 9.17) is 17.7 Å². The Bertz CT molecular complexity index is 664. The summed E-state index contributed by atoms with van der Waals surface area (Å²) >= 11 is 5.78. The lowest BCUT2D eigenvalue weighted by atomic mass is 10.0. The van der Waals surface area contributed by atoms with Gasteiger partial charge in [0, 0.05) is 17.6 Å². The van der Waals surface area contributed by atoms with E-state index in [0.717, 1.165) is 0 Å². The molecule has 0 saturated carbocycles. The number of nitrogens with zero attached hydrogens (tertiary/aromatic N) is 1. The molecule has 4 heteroatoms. The fourth-order valence-corrected chi connectivity index (χ4v) is 2.47. The quantitative estimate of drug-likeness (QED) is 0.780. The summed E-state index contributed by atoms with van der Waals surface area (Å²) in [5, 5.41) is 0.368. The van der Waals surface area contributed by atoms with Crippen molar-refractivity contribution in [3.05, 3.63) is 58.8 Å². The first-order valence-corrected chi connectivity index (χ1v) is 6.36. The average molecular weight is 279 g/mol. The summed E-state index contributed by atoms with van der Waals surface area (Å²) in [5.74, 6) is 0.300. The van der Waals surface area contributed by atoms with Crippen molar-refractivity contribution in [1.82, 2.24) is 0 Å². The fraction of sp³-hybridized carbons (Fsp3) is 0.200. The summed E-state index contributed by atoms with van der Waals surface area (Å²) in [5.41, 5.74) is 1.20. The number of rotatable bonds is 1.